The zero-order chi connectivity index (χ0) is 43.3. The Hall–Kier alpha value is -4.64. The van der Waals surface area contributed by atoms with Crippen LogP contribution in [0.3, 0.4) is 0 Å². The molecule has 4 amide bonds. The van der Waals surface area contributed by atoms with Crippen LogP contribution < -0.4 is 27.4 Å². The topological polar surface area (TPSA) is 312 Å². The number of carbonyl (C=O) groups excluding carboxylic acids is 5. The van der Waals surface area contributed by atoms with Crippen molar-refractivity contribution in [2.75, 3.05) is 25.1 Å². The first-order valence-electron chi connectivity index (χ1n) is 17.9. The number of ether oxygens (including phenoxy) is 2. The molecule has 2 aromatic carbocycles. The van der Waals surface area contributed by atoms with Gasteiger partial charge in [0.2, 0.25) is 23.6 Å². The standard InChI is InChI=1S/C36H48Cl2N6O14/c1-17(56-32-30(41-19(3)46)36(54)57-26(15-45)31(32)49)14-44(34(51)18(2)39)25(33(40)50)11-12-27(47)42-24(35(52)53)16-55-58-28(48)13-20-7-4-5-10-23(20)43-29-21(37)8-6-9-22(29)38/h4-10,17-18,24-26,30-32,36,43,45,49,54H,11-16,39H2,1-3H3,(H2,40,50)(H,41,46)(H,42,47)(H,52,53)/t17?,18-,24-,25+,26+,30+,31+,32+,36-/m0/s1. The number of hydrogen-bond donors (Lipinski definition) is 9. The molecule has 0 spiro atoms. The second-order valence-corrected chi connectivity index (χ2v) is 14.2. The largest absolute Gasteiger partial charge is 0.480 e. The maximum Gasteiger partial charge on any atom is 0.346 e. The monoisotopic (exact) mass is 858 g/mol. The van der Waals surface area contributed by atoms with Gasteiger partial charge in [-0.25, -0.2) is 9.59 Å². The Kier molecular flexibility index (Phi) is 18.5. The van der Waals surface area contributed by atoms with E-state index in [1.54, 1.807) is 42.5 Å². The average molecular weight is 860 g/mol. The van der Waals surface area contributed by atoms with E-state index in [1.807, 2.05) is 0 Å². The molecule has 1 heterocycles. The molecule has 1 fully saturated rings. The second kappa shape index (κ2) is 22.5. The fraction of sp³-hybridized carbons (Fsp3) is 0.500. The number of aliphatic carboxylic acids is 1. The molecule has 58 heavy (non-hydrogen) atoms. The van der Waals surface area contributed by atoms with Gasteiger partial charge in [0, 0.05) is 25.6 Å². The van der Waals surface area contributed by atoms with E-state index in [2.05, 4.69) is 16.0 Å². The highest BCUT2D eigenvalue weighted by Crippen LogP contribution is 2.34. The Morgan fingerprint density at radius 1 is 1.02 bits per heavy atom. The molecule has 9 atom stereocenters. The molecule has 0 bridgehead atoms. The number of nitrogens with two attached hydrogens (primary N) is 2. The number of amides is 4. The summed E-state index contributed by atoms with van der Waals surface area (Å²) in [5.41, 5.74) is 12.8. The van der Waals surface area contributed by atoms with Crippen molar-refractivity contribution in [3.63, 3.8) is 0 Å². The van der Waals surface area contributed by atoms with Crippen molar-refractivity contribution in [2.45, 2.75) is 94.9 Å². The van der Waals surface area contributed by atoms with Gasteiger partial charge >= 0.3 is 11.9 Å². The number of rotatable bonds is 21. The van der Waals surface area contributed by atoms with Gasteiger partial charge in [0.05, 0.1) is 40.9 Å². The molecule has 20 nitrogen and oxygen atoms in total. The number of hydrogen-bond acceptors (Lipinski definition) is 15. The van der Waals surface area contributed by atoms with Crippen LogP contribution >= 0.6 is 23.2 Å². The number of benzene rings is 2. The Labute approximate surface area is 342 Å². The van der Waals surface area contributed by atoms with Crippen molar-refractivity contribution in [1.29, 1.82) is 0 Å². The zero-order valence-electron chi connectivity index (χ0n) is 31.7. The SMILES string of the molecule is CC(=O)N[C@@H]1[C@@H](OC(C)CN(C(=O)[C@H](C)N)[C@H](CCC(=O)N[C@@H](COOC(=O)Cc2ccccc2Nc2c(Cl)cccc2Cl)C(=O)O)C(N)=O)[C@H](O)[C@@H](CO)O[C@@H]1O. The molecule has 1 aliphatic heterocycles. The van der Waals surface area contributed by atoms with E-state index in [4.69, 9.17) is 53.9 Å². The van der Waals surface area contributed by atoms with E-state index < -0.39 is 123 Å². The molecular weight excluding hydrogens is 811 g/mol. The molecule has 1 unspecified atom stereocenters. The van der Waals surface area contributed by atoms with E-state index in [0.29, 0.717) is 27.0 Å². The van der Waals surface area contributed by atoms with E-state index in [1.165, 1.54) is 13.8 Å². The molecule has 0 aromatic heterocycles. The number of aliphatic hydroxyl groups is 3. The number of aliphatic hydroxyl groups excluding tert-OH is 3. The lowest BCUT2D eigenvalue weighted by molar-refractivity contribution is -0.274. The van der Waals surface area contributed by atoms with Crippen LogP contribution in [0.1, 0.15) is 39.2 Å². The maximum absolute atomic E-state index is 13.3. The summed E-state index contributed by atoms with van der Waals surface area (Å²) in [5, 5.41) is 48.9. The lowest BCUT2D eigenvalue weighted by Gasteiger charge is -2.44. The summed E-state index contributed by atoms with van der Waals surface area (Å²) in [6.45, 7) is 1.99. The lowest BCUT2D eigenvalue weighted by Crippen LogP contribution is -2.65. The van der Waals surface area contributed by atoms with Crippen LogP contribution in [0, 0.1) is 0 Å². The number of primary amides is 1. The van der Waals surface area contributed by atoms with Gasteiger partial charge in [-0.15, -0.1) is 0 Å². The lowest BCUT2D eigenvalue weighted by atomic mass is 9.96. The third-order valence-electron chi connectivity index (χ3n) is 8.70. The highest BCUT2D eigenvalue weighted by atomic mass is 35.5. The van der Waals surface area contributed by atoms with E-state index in [9.17, 15) is 49.2 Å². The van der Waals surface area contributed by atoms with E-state index in [-0.39, 0.29) is 6.42 Å². The number of halogens is 2. The Bertz CT molecular complexity index is 1750. The molecule has 0 radical (unpaired) electrons. The fourth-order valence-electron chi connectivity index (χ4n) is 5.92. The van der Waals surface area contributed by atoms with Gasteiger partial charge in [-0.3, -0.25) is 24.1 Å². The minimum Gasteiger partial charge on any atom is -0.480 e. The summed E-state index contributed by atoms with van der Waals surface area (Å²) in [4.78, 5) is 85.9. The Morgan fingerprint density at radius 3 is 2.26 bits per heavy atom. The van der Waals surface area contributed by atoms with Gasteiger partial charge in [0.1, 0.15) is 37.0 Å². The third-order valence-corrected chi connectivity index (χ3v) is 9.33. The van der Waals surface area contributed by atoms with Gasteiger partial charge in [0.15, 0.2) is 12.3 Å². The third kappa shape index (κ3) is 13.7. The van der Waals surface area contributed by atoms with Gasteiger partial charge in [-0.1, -0.05) is 47.5 Å². The molecule has 320 valence electrons. The minimum atomic E-state index is -1.72. The first kappa shape index (κ1) is 47.7. The number of carboxylic acid groups (broad SMARTS) is 1. The predicted molar refractivity (Wildman–Crippen MR) is 205 cm³/mol. The van der Waals surface area contributed by atoms with Crippen molar-refractivity contribution >= 4 is 70.1 Å². The van der Waals surface area contributed by atoms with Crippen molar-refractivity contribution < 1.29 is 68.4 Å². The Balaban J connectivity index is 1.62. The van der Waals surface area contributed by atoms with Gasteiger partial charge in [-0.05, 0) is 44.0 Å². The molecular formula is C36H48Cl2N6O14. The van der Waals surface area contributed by atoms with Crippen LogP contribution in [0.4, 0.5) is 11.4 Å². The van der Waals surface area contributed by atoms with Gasteiger partial charge < -0.3 is 62.2 Å². The van der Waals surface area contributed by atoms with E-state index >= 15 is 0 Å². The first-order chi connectivity index (χ1) is 27.3. The van der Waals surface area contributed by atoms with E-state index in [0.717, 1.165) is 11.8 Å². The summed E-state index contributed by atoms with van der Waals surface area (Å²) in [6.07, 6.45) is -8.25. The quantitative estimate of drug-likeness (QED) is 0.0564. The molecule has 3 rings (SSSR count). The number of carbonyl (C=O) groups is 6. The summed E-state index contributed by atoms with van der Waals surface area (Å²) < 4.78 is 11.1. The first-order valence-corrected chi connectivity index (χ1v) is 18.6. The normalized spacial score (nSPS) is 21.1. The summed E-state index contributed by atoms with van der Waals surface area (Å²) >= 11 is 12.5. The van der Waals surface area contributed by atoms with Crippen LogP contribution in [0.25, 0.3) is 0 Å². The number of anilines is 2. The molecule has 2 aromatic rings. The molecule has 0 saturated carbocycles. The maximum atomic E-state index is 13.3. The molecule has 0 aliphatic carbocycles. The van der Waals surface area contributed by atoms with Gasteiger partial charge in [0.25, 0.3) is 0 Å². The number of nitrogens with zero attached hydrogens (tertiary/aromatic N) is 1. The number of carboxylic acids is 1. The number of para-hydroxylation sites is 2. The molecule has 1 saturated heterocycles. The molecule has 1 aliphatic rings. The molecule has 11 N–H and O–H groups in total. The van der Waals surface area contributed by atoms with Crippen LogP contribution in [0.5, 0.6) is 0 Å². The van der Waals surface area contributed by atoms with Crippen molar-refractivity contribution in [1.82, 2.24) is 15.5 Å². The minimum absolute atomic E-state index is 0.319. The van der Waals surface area contributed by atoms with Crippen molar-refractivity contribution in [3.8, 4) is 0 Å². The van der Waals surface area contributed by atoms with Crippen LogP contribution in [0.2, 0.25) is 10.0 Å². The summed E-state index contributed by atoms with van der Waals surface area (Å²) in [5.74, 6) is -5.81. The molecule has 22 heteroatoms. The smallest absolute Gasteiger partial charge is 0.346 e. The second-order valence-electron chi connectivity index (χ2n) is 13.4. The van der Waals surface area contributed by atoms with Crippen LogP contribution in [-0.4, -0.2) is 136 Å². The van der Waals surface area contributed by atoms with Crippen LogP contribution in [-0.2, 0) is 54.4 Å². The Morgan fingerprint density at radius 2 is 1.67 bits per heavy atom. The number of nitrogens with one attached hydrogen (secondary N) is 3. The average Bonchev–Trinajstić information content (AvgIpc) is 3.15. The highest BCUT2D eigenvalue weighted by Gasteiger charge is 2.47. The van der Waals surface area contributed by atoms with Crippen molar-refractivity contribution in [2.24, 2.45) is 11.5 Å². The highest BCUT2D eigenvalue weighted by molar-refractivity contribution is 6.39. The van der Waals surface area contributed by atoms with Crippen molar-refractivity contribution in [3.05, 3.63) is 58.1 Å². The zero-order valence-corrected chi connectivity index (χ0v) is 33.2. The fourth-order valence-corrected chi connectivity index (χ4v) is 6.41. The predicted octanol–water partition coefficient (Wildman–Crippen LogP) is -0.518. The van der Waals surface area contributed by atoms with Gasteiger partial charge in [-0.2, -0.15) is 4.89 Å². The summed E-state index contributed by atoms with van der Waals surface area (Å²) in [6, 6.07) is 5.91. The summed E-state index contributed by atoms with van der Waals surface area (Å²) in [7, 11) is 0. The van der Waals surface area contributed by atoms with Crippen LogP contribution in [0.15, 0.2) is 42.5 Å².